The Kier molecular flexibility index (Phi) is 4.68. The van der Waals surface area contributed by atoms with E-state index in [-0.39, 0.29) is 5.91 Å². The summed E-state index contributed by atoms with van der Waals surface area (Å²) in [5, 5.41) is 2.91. The van der Waals surface area contributed by atoms with Crippen molar-refractivity contribution in [1.29, 1.82) is 0 Å². The minimum absolute atomic E-state index is 0.163. The number of hydrogen-bond donors (Lipinski definition) is 0. The molecule has 1 amide bonds. The first-order chi connectivity index (χ1) is 9.15. The summed E-state index contributed by atoms with van der Waals surface area (Å²) in [5.41, 5.74) is 2.46. The molecule has 0 unspecified atom stereocenters. The van der Waals surface area contributed by atoms with Crippen LogP contribution >= 0.6 is 11.3 Å². The van der Waals surface area contributed by atoms with E-state index in [1.807, 2.05) is 12.4 Å². The zero-order valence-corrected chi connectivity index (χ0v) is 12.1. The lowest BCUT2D eigenvalue weighted by Crippen LogP contribution is -2.26. The molecule has 0 atom stereocenters. The highest BCUT2D eigenvalue weighted by atomic mass is 32.1. The number of carbonyl (C=O) groups excluding carboxylic acids is 1. The highest BCUT2D eigenvalue weighted by Crippen LogP contribution is 2.10. The molecule has 0 radical (unpaired) electrons. The summed E-state index contributed by atoms with van der Waals surface area (Å²) >= 11 is 1.58. The third-order valence-corrected chi connectivity index (χ3v) is 3.79. The van der Waals surface area contributed by atoms with Gasteiger partial charge in [0.1, 0.15) is 5.01 Å². The zero-order chi connectivity index (χ0) is 13.7. The summed E-state index contributed by atoms with van der Waals surface area (Å²) in [7, 11) is 1.83. The molecule has 1 aromatic carbocycles. The molecular formula is C15H18N2OS. The van der Waals surface area contributed by atoms with Gasteiger partial charge in [-0.3, -0.25) is 4.79 Å². The molecule has 1 heterocycles. The molecule has 0 saturated carbocycles. The lowest BCUT2D eigenvalue weighted by atomic mass is 10.1. The number of aryl methyl sites for hydroxylation is 2. The van der Waals surface area contributed by atoms with E-state index in [0.29, 0.717) is 13.0 Å². The Balaban J connectivity index is 1.82. The molecule has 0 aliphatic heterocycles. The van der Waals surface area contributed by atoms with Crippen LogP contribution in [-0.2, 0) is 17.8 Å². The molecule has 0 aliphatic carbocycles. The lowest BCUT2D eigenvalue weighted by molar-refractivity contribution is -0.130. The first-order valence-electron chi connectivity index (χ1n) is 6.33. The smallest absolute Gasteiger partial charge is 0.223 e. The Morgan fingerprint density at radius 2 is 2.05 bits per heavy atom. The topological polar surface area (TPSA) is 33.2 Å². The Hall–Kier alpha value is -1.68. The fraction of sp³-hybridized carbons (Fsp3) is 0.333. The molecule has 100 valence electrons. The van der Waals surface area contributed by atoms with E-state index in [0.717, 1.165) is 11.4 Å². The Bertz CT molecular complexity index is 520. The normalized spacial score (nSPS) is 10.4. The van der Waals surface area contributed by atoms with Gasteiger partial charge in [-0.25, -0.2) is 4.98 Å². The molecule has 19 heavy (non-hydrogen) atoms. The van der Waals surface area contributed by atoms with Crippen LogP contribution in [0.2, 0.25) is 0 Å². The Morgan fingerprint density at radius 3 is 2.68 bits per heavy atom. The van der Waals surface area contributed by atoms with Crippen molar-refractivity contribution in [1.82, 2.24) is 9.88 Å². The summed E-state index contributed by atoms with van der Waals surface area (Å²) in [5.74, 6) is 0.163. The van der Waals surface area contributed by atoms with Crippen LogP contribution in [0.3, 0.4) is 0 Å². The lowest BCUT2D eigenvalue weighted by Gasteiger charge is -2.15. The van der Waals surface area contributed by atoms with E-state index in [9.17, 15) is 4.79 Å². The third kappa shape index (κ3) is 4.17. The van der Waals surface area contributed by atoms with Crippen LogP contribution in [0, 0.1) is 6.92 Å². The van der Waals surface area contributed by atoms with Crippen molar-refractivity contribution in [3.05, 3.63) is 52.0 Å². The van der Waals surface area contributed by atoms with Crippen LogP contribution in [0.25, 0.3) is 0 Å². The number of carbonyl (C=O) groups is 1. The summed E-state index contributed by atoms with van der Waals surface area (Å²) in [6.07, 6.45) is 3.11. The van der Waals surface area contributed by atoms with Crippen molar-refractivity contribution in [3.63, 3.8) is 0 Å². The second-order valence-electron chi connectivity index (χ2n) is 4.66. The van der Waals surface area contributed by atoms with E-state index < -0.39 is 0 Å². The first-order valence-corrected chi connectivity index (χ1v) is 7.21. The van der Waals surface area contributed by atoms with Gasteiger partial charge in [0.2, 0.25) is 5.91 Å². The van der Waals surface area contributed by atoms with Gasteiger partial charge in [-0.05, 0) is 18.9 Å². The highest BCUT2D eigenvalue weighted by Gasteiger charge is 2.10. The van der Waals surface area contributed by atoms with Crippen LogP contribution in [-0.4, -0.2) is 22.8 Å². The van der Waals surface area contributed by atoms with Crippen molar-refractivity contribution < 1.29 is 4.79 Å². The van der Waals surface area contributed by atoms with E-state index in [4.69, 9.17) is 0 Å². The fourth-order valence-corrected chi connectivity index (χ4v) is 2.49. The zero-order valence-electron chi connectivity index (χ0n) is 11.3. The van der Waals surface area contributed by atoms with Crippen molar-refractivity contribution in [2.45, 2.75) is 26.3 Å². The molecule has 0 saturated heterocycles. The molecule has 0 fully saturated rings. The molecule has 3 nitrogen and oxygen atoms in total. The minimum atomic E-state index is 0.163. The van der Waals surface area contributed by atoms with Gasteiger partial charge >= 0.3 is 0 Å². The Morgan fingerprint density at radius 1 is 1.32 bits per heavy atom. The van der Waals surface area contributed by atoms with Gasteiger partial charge in [0.25, 0.3) is 0 Å². The maximum atomic E-state index is 12.0. The van der Waals surface area contributed by atoms with Crippen LogP contribution in [0.1, 0.15) is 22.6 Å². The summed E-state index contributed by atoms with van der Waals surface area (Å²) in [6, 6.07) is 8.34. The molecule has 0 bridgehead atoms. The van der Waals surface area contributed by atoms with Crippen molar-refractivity contribution in [2.24, 2.45) is 0 Å². The van der Waals surface area contributed by atoms with Crippen LogP contribution in [0.5, 0.6) is 0 Å². The molecule has 4 heteroatoms. The van der Waals surface area contributed by atoms with Gasteiger partial charge in [-0.2, -0.15) is 0 Å². The summed E-state index contributed by atoms with van der Waals surface area (Å²) < 4.78 is 0. The molecule has 1 aromatic heterocycles. The molecule has 0 aliphatic rings. The molecule has 2 rings (SSSR count). The van der Waals surface area contributed by atoms with Crippen LogP contribution in [0.4, 0.5) is 0 Å². The van der Waals surface area contributed by atoms with E-state index in [1.54, 1.807) is 22.4 Å². The summed E-state index contributed by atoms with van der Waals surface area (Å²) in [6.45, 7) is 2.67. The first kappa shape index (κ1) is 13.7. The van der Waals surface area contributed by atoms with Gasteiger partial charge in [0.15, 0.2) is 0 Å². The average molecular weight is 274 g/mol. The van der Waals surface area contributed by atoms with E-state index in [2.05, 4.69) is 36.2 Å². The number of thiazole rings is 1. The average Bonchev–Trinajstić information content (AvgIpc) is 2.90. The van der Waals surface area contributed by atoms with E-state index >= 15 is 0 Å². The predicted octanol–water partition coefficient (Wildman–Crippen LogP) is 3.04. The standard InChI is InChI=1S/C15H18N2OS/c1-12-3-5-13(6-4-12)7-8-15(18)17(2)11-14-16-9-10-19-14/h3-6,9-10H,7-8,11H2,1-2H3. The molecule has 2 aromatic rings. The monoisotopic (exact) mass is 274 g/mol. The quantitative estimate of drug-likeness (QED) is 0.839. The van der Waals surface area contributed by atoms with Gasteiger partial charge in [-0.15, -0.1) is 11.3 Å². The fourth-order valence-electron chi connectivity index (χ4n) is 1.82. The molecular weight excluding hydrogens is 256 g/mol. The highest BCUT2D eigenvalue weighted by molar-refractivity contribution is 7.09. The van der Waals surface area contributed by atoms with Gasteiger partial charge < -0.3 is 4.90 Å². The molecule has 0 spiro atoms. The van der Waals surface area contributed by atoms with Gasteiger partial charge in [0.05, 0.1) is 6.54 Å². The van der Waals surface area contributed by atoms with Gasteiger partial charge in [0, 0.05) is 25.0 Å². The van der Waals surface area contributed by atoms with Crippen molar-refractivity contribution >= 4 is 17.2 Å². The number of amides is 1. The second-order valence-corrected chi connectivity index (χ2v) is 5.64. The number of nitrogens with zero attached hydrogens (tertiary/aromatic N) is 2. The third-order valence-electron chi connectivity index (χ3n) is 3.03. The Labute approximate surface area is 117 Å². The summed E-state index contributed by atoms with van der Waals surface area (Å²) in [4.78, 5) is 17.9. The van der Waals surface area contributed by atoms with Crippen LogP contribution < -0.4 is 0 Å². The molecule has 0 N–H and O–H groups in total. The second kappa shape index (κ2) is 6.48. The van der Waals surface area contributed by atoms with Crippen molar-refractivity contribution in [3.8, 4) is 0 Å². The van der Waals surface area contributed by atoms with Gasteiger partial charge in [-0.1, -0.05) is 29.8 Å². The van der Waals surface area contributed by atoms with E-state index in [1.165, 1.54) is 11.1 Å². The number of rotatable bonds is 5. The van der Waals surface area contributed by atoms with Crippen LogP contribution in [0.15, 0.2) is 35.8 Å². The predicted molar refractivity (Wildman–Crippen MR) is 78.1 cm³/mol. The van der Waals surface area contributed by atoms with Crippen molar-refractivity contribution in [2.75, 3.05) is 7.05 Å². The SMILES string of the molecule is Cc1ccc(CCC(=O)N(C)Cc2nccs2)cc1. The number of benzene rings is 1. The number of hydrogen-bond acceptors (Lipinski definition) is 3. The number of aromatic nitrogens is 1. The maximum Gasteiger partial charge on any atom is 0.223 e. The minimum Gasteiger partial charge on any atom is -0.339 e. The maximum absolute atomic E-state index is 12.0. The largest absolute Gasteiger partial charge is 0.339 e.